The van der Waals surface area contributed by atoms with Crippen LogP contribution in [0.4, 0.5) is 5.69 Å². The Morgan fingerprint density at radius 2 is 2.05 bits per heavy atom. The van der Waals surface area contributed by atoms with Gasteiger partial charge in [0.05, 0.1) is 18.4 Å². The lowest BCUT2D eigenvalue weighted by Gasteiger charge is -2.02. The number of halogens is 1. The molecule has 106 valence electrons. The van der Waals surface area contributed by atoms with Gasteiger partial charge >= 0.3 is 0 Å². The third-order valence-electron chi connectivity index (χ3n) is 2.89. The summed E-state index contributed by atoms with van der Waals surface area (Å²) in [5.74, 6) is 0.608. The highest BCUT2D eigenvalue weighted by Crippen LogP contribution is 2.09. The molecule has 0 aliphatic carbocycles. The smallest absolute Gasteiger partial charge is 0.224 e. The Hall–Kier alpha value is -1.81. The van der Waals surface area contributed by atoms with E-state index < -0.39 is 0 Å². The summed E-state index contributed by atoms with van der Waals surface area (Å²) in [6.07, 6.45) is 5.68. The minimum absolute atomic E-state index is 0.00868. The Bertz CT molecular complexity index is 539. The third kappa shape index (κ3) is 4.70. The predicted molar refractivity (Wildman–Crippen MR) is 81.0 cm³/mol. The maximum Gasteiger partial charge on any atom is 0.224 e. The van der Waals surface area contributed by atoms with Gasteiger partial charge in [0.15, 0.2) is 0 Å². The zero-order valence-corrected chi connectivity index (χ0v) is 12.0. The standard InChI is InChI=1S/C15H18ClN3O/c16-9-5-4-8-15(20)18-14-10-17-19(12-14)11-13-6-2-1-3-7-13/h1-3,6-7,10,12H,4-5,8-9,11H2,(H,18,20). The number of carbonyl (C=O) groups excluding carboxylic acids is 1. The first-order valence-electron chi connectivity index (χ1n) is 6.70. The number of nitrogens with one attached hydrogen (secondary N) is 1. The van der Waals surface area contributed by atoms with Gasteiger partial charge in [-0.3, -0.25) is 9.48 Å². The average Bonchev–Trinajstić information content (AvgIpc) is 2.87. The second kappa shape index (κ2) is 7.70. The Labute approximate surface area is 123 Å². The molecule has 0 spiro atoms. The third-order valence-corrected chi connectivity index (χ3v) is 3.16. The highest BCUT2D eigenvalue weighted by molar-refractivity contribution is 6.17. The zero-order valence-electron chi connectivity index (χ0n) is 11.3. The number of nitrogens with zero attached hydrogens (tertiary/aromatic N) is 2. The number of amides is 1. The fourth-order valence-electron chi connectivity index (χ4n) is 1.89. The van der Waals surface area contributed by atoms with Crippen LogP contribution in [-0.4, -0.2) is 21.6 Å². The topological polar surface area (TPSA) is 46.9 Å². The molecule has 1 heterocycles. The van der Waals surface area contributed by atoms with Crippen LogP contribution in [0.2, 0.25) is 0 Å². The van der Waals surface area contributed by atoms with Crippen LogP contribution in [0.3, 0.4) is 0 Å². The molecule has 0 aliphatic heterocycles. The molecule has 5 heteroatoms. The summed E-state index contributed by atoms with van der Waals surface area (Å²) < 4.78 is 1.81. The maximum atomic E-state index is 11.7. The van der Waals surface area contributed by atoms with Crippen molar-refractivity contribution in [3.8, 4) is 0 Å². The summed E-state index contributed by atoms with van der Waals surface area (Å²) >= 11 is 5.58. The molecular weight excluding hydrogens is 274 g/mol. The van der Waals surface area contributed by atoms with Crippen molar-refractivity contribution >= 4 is 23.2 Å². The summed E-state index contributed by atoms with van der Waals surface area (Å²) in [7, 11) is 0. The summed E-state index contributed by atoms with van der Waals surface area (Å²) in [5.41, 5.74) is 1.91. The van der Waals surface area contributed by atoms with Crippen molar-refractivity contribution in [1.29, 1.82) is 0 Å². The van der Waals surface area contributed by atoms with Crippen molar-refractivity contribution in [1.82, 2.24) is 9.78 Å². The number of aromatic nitrogens is 2. The first-order chi connectivity index (χ1) is 9.78. The predicted octanol–water partition coefficient (Wildman–Crippen LogP) is 3.28. The van der Waals surface area contributed by atoms with Crippen molar-refractivity contribution in [2.75, 3.05) is 11.2 Å². The van der Waals surface area contributed by atoms with Gasteiger partial charge in [0.25, 0.3) is 0 Å². The largest absolute Gasteiger partial charge is 0.323 e. The summed E-state index contributed by atoms with van der Waals surface area (Å²) in [6, 6.07) is 10.1. The van der Waals surface area contributed by atoms with Crippen LogP contribution < -0.4 is 5.32 Å². The van der Waals surface area contributed by atoms with Crippen LogP contribution >= 0.6 is 11.6 Å². The SMILES string of the molecule is O=C(CCCCCl)Nc1cnn(Cc2ccccc2)c1. The van der Waals surface area contributed by atoms with Crippen LogP contribution in [-0.2, 0) is 11.3 Å². The lowest BCUT2D eigenvalue weighted by atomic mass is 10.2. The van der Waals surface area contributed by atoms with E-state index in [9.17, 15) is 4.79 Å². The highest BCUT2D eigenvalue weighted by atomic mass is 35.5. The number of hydrogen-bond acceptors (Lipinski definition) is 2. The lowest BCUT2D eigenvalue weighted by molar-refractivity contribution is -0.116. The Kier molecular flexibility index (Phi) is 5.62. The molecule has 20 heavy (non-hydrogen) atoms. The molecule has 0 unspecified atom stereocenters. The van der Waals surface area contributed by atoms with Gasteiger partial charge in [-0.25, -0.2) is 0 Å². The molecule has 0 saturated heterocycles. The molecule has 1 aromatic carbocycles. The van der Waals surface area contributed by atoms with Crippen molar-refractivity contribution < 1.29 is 4.79 Å². The van der Waals surface area contributed by atoms with E-state index in [-0.39, 0.29) is 5.91 Å². The average molecular weight is 292 g/mol. The molecule has 0 radical (unpaired) electrons. The summed E-state index contributed by atoms with van der Waals surface area (Å²) in [5, 5.41) is 7.08. The molecule has 2 rings (SSSR count). The molecule has 4 nitrogen and oxygen atoms in total. The number of alkyl halides is 1. The van der Waals surface area contributed by atoms with Crippen molar-refractivity contribution in [2.45, 2.75) is 25.8 Å². The summed E-state index contributed by atoms with van der Waals surface area (Å²) in [4.78, 5) is 11.7. The number of anilines is 1. The molecular formula is C15H18ClN3O. The molecule has 0 aliphatic rings. The molecule has 1 N–H and O–H groups in total. The van der Waals surface area contributed by atoms with Gasteiger partial charge in [0, 0.05) is 18.5 Å². The van der Waals surface area contributed by atoms with Crippen LogP contribution in [0.25, 0.3) is 0 Å². The van der Waals surface area contributed by atoms with Gasteiger partial charge in [-0.15, -0.1) is 11.6 Å². The number of rotatable bonds is 7. The fraction of sp³-hybridized carbons (Fsp3) is 0.333. The van der Waals surface area contributed by atoms with Crippen molar-refractivity contribution in [2.24, 2.45) is 0 Å². The van der Waals surface area contributed by atoms with E-state index in [1.165, 1.54) is 5.56 Å². The van der Waals surface area contributed by atoms with E-state index in [4.69, 9.17) is 11.6 Å². The van der Waals surface area contributed by atoms with E-state index in [0.717, 1.165) is 18.5 Å². The Morgan fingerprint density at radius 1 is 1.25 bits per heavy atom. The van der Waals surface area contributed by atoms with Gasteiger partial charge < -0.3 is 5.32 Å². The summed E-state index contributed by atoms with van der Waals surface area (Å²) in [6.45, 7) is 0.697. The quantitative estimate of drug-likeness (QED) is 0.628. The maximum absolute atomic E-state index is 11.7. The molecule has 0 fully saturated rings. The van der Waals surface area contributed by atoms with Crippen molar-refractivity contribution in [3.63, 3.8) is 0 Å². The molecule has 2 aromatic rings. The Balaban J connectivity index is 1.84. The fourth-order valence-corrected chi connectivity index (χ4v) is 2.08. The van der Waals surface area contributed by atoms with Crippen LogP contribution in [0.1, 0.15) is 24.8 Å². The first-order valence-corrected chi connectivity index (χ1v) is 7.23. The molecule has 0 saturated carbocycles. The normalized spacial score (nSPS) is 10.4. The van der Waals surface area contributed by atoms with E-state index >= 15 is 0 Å². The first kappa shape index (κ1) is 14.6. The molecule has 0 bridgehead atoms. The monoisotopic (exact) mass is 291 g/mol. The number of benzene rings is 1. The second-order valence-corrected chi connectivity index (χ2v) is 4.98. The van der Waals surface area contributed by atoms with Gasteiger partial charge in [0.2, 0.25) is 5.91 Å². The molecule has 1 amide bonds. The van der Waals surface area contributed by atoms with E-state index in [0.29, 0.717) is 18.8 Å². The van der Waals surface area contributed by atoms with Crippen LogP contribution in [0.15, 0.2) is 42.7 Å². The van der Waals surface area contributed by atoms with Gasteiger partial charge in [-0.2, -0.15) is 5.10 Å². The van der Waals surface area contributed by atoms with Crippen LogP contribution in [0.5, 0.6) is 0 Å². The molecule has 0 atom stereocenters. The highest BCUT2D eigenvalue weighted by Gasteiger charge is 2.04. The number of carbonyl (C=O) groups is 1. The van der Waals surface area contributed by atoms with Gasteiger partial charge in [-0.05, 0) is 18.4 Å². The van der Waals surface area contributed by atoms with Crippen LogP contribution in [0, 0.1) is 0 Å². The minimum atomic E-state index is 0.00868. The van der Waals surface area contributed by atoms with E-state index in [1.54, 1.807) is 6.20 Å². The second-order valence-electron chi connectivity index (χ2n) is 4.61. The van der Waals surface area contributed by atoms with Gasteiger partial charge in [0.1, 0.15) is 0 Å². The number of unbranched alkanes of at least 4 members (excludes halogenated alkanes) is 1. The Morgan fingerprint density at radius 3 is 2.80 bits per heavy atom. The van der Waals surface area contributed by atoms with E-state index in [2.05, 4.69) is 10.4 Å². The van der Waals surface area contributed by atoms with E-state index in [1.807, 2.05) is 41.2 Å². The lowest BCUT2D eigenvalue weighted by Crippen LogP contribution is -2.10. The number of hydrogen-bond donors (Lipinski definition) is 1. The van der Waals surface area contributed by atoms with Crippen molar-refractivity contribution in [3.05, 3.63) is 48.3 Å². The minimum Gasteiger partial charge on any atom is -0.323 e. The zero-order chi connectivity index (χ0) is 14.2. The molecule has 1 aromatic heterocycles. The van der Waals surface area contributed by atoms with Gasteiger partial charge in [-0.1, -0.05) is 30.3 Å².